The average Bonchev–Trinajstić information content (AvgIpc) is 3.26. The topological polar surface area (TPSA) is 110 Å². The summed E-state index contributed by atoms with van der Waals surface area (Å²) in [6.45, 7) is 4.90. The van der Waals surface area contributed by atoms with Gasteiger partial charge in [0.15, 0.2) is 0 Å². The van der Waals surface area contributed by atoms with Gasteiger partial charge in [-0.2, -0.15) is 0 Å². The van der Waals surface area contributed by atoms with Crippen molar-refractivity contribution in [2.75, 3.05) is 13.2 Å². The number of hydrogen-bond acceptors (Lipinski definition) is 7. The van der Waals surface area contributed by atoms with Gasteiger partial charge in [-0.3, -0.25) is 0 Å². The zero-order chi connectivity index (χ0) is 45.0. The number of unbranched alkanes of at least 4 members (excludes halogenated alkanes) is 34. The Bertz CT molecular complexity index is 1380. The molecule has 0 atom stereocenters. The first-order valence-electron chi connectivity index (χ1n) is 26.0. The maximum absolute atomic E-state index is 13.0. The van der Waals surface area contributed by atoms with Crippen molar-refractivity contribution < 1.29 is 83.4 Å². The minimum absolute atomic E-state index is 0. The molecule has 0 aliphatic heterocycles. The Morgan fingerprint density at radius 3 is 1.00 bits per heavy atom. The van der Waals surface area contributed by atoms with Gasteiger partial charge in [0.2, 0.25) is 0 Å². The van der Waals surface area contributed by atoms with E-state index in [1.165, 1.54) is 199 Å². The number of hydrogen-bond donors (Lipinski definition) is 0. The number of rotatable bonds is 45. The Balaban J connectivity index is 0.0000384. The Labute approximate surface area is 431 Å². The fraction of sp³-hybridized carbons (Fsp3) is 0.778. The first-order valence-corrected chi connectivity index (χ1v) is 27.5. The summed E-state index contributed by atoms with van der Waals surface area (Å²) in [4.78, 5) is 25.4. The number of esters is 2. The summed E-state index contributed by atoms with van der Waals surface area (Å²) in [6.07, 6.45) is 56.6. The number of benzene rings is 1. The monoisotopic (exact) mass is 925 g/mol. The van der Waals surface area contributed by atoms with Gasteiger partial charge in [-0.1, -0.05) is 218 Å². The molecule has 1 aromatic carbocycles. The third-order valence-electron chi connectivity index (χ3n) is 12.0. The van der Waals surface area contributed by atoms with Crippen LogP contribution in [0.25, 0.3) is 0 Å². The predicted molar refractivity (Wildman–Crippen MR) is 260 cm³/mol. The van der Waals surface area contributed by atoms with Crippen molar-refractivity contribution in [1.29, 1.82) is 0 Å². The van der Waals surface area contributed by atoms with Crippen LogP contribution in [0, 0.1) is 0 Å². The Morgan fingerprint density at radius 1 is 0.429 bits per heavy atom. The van der Waals surface area contributed by atoms with Crippen LogP contribution in [-0.4, -0.2) is 38.1 Å². The number of carbonyl (C=O) groups excluding carboxylic acids is 2. The number of ether oxygens (including phenoxy) is 2. The average molecular weight is 925 g/mol. The molecular formula is C54H93KO7S. The second-order valence-electron chi connectivity index (χ2n) is 17.8. The zero-order valence-corrected chi connectivity index (χ0v) is 45.0. The van der Waals surface area contributed by atoms with Crippen LogP contribution in [0.2, 0.25) is 0 Å². The third-order valence-corrected chi connectivity index (χ3v) is 12.8. The van der Waals surface area contributed by atoms with Gasteiger partial charge in [-0.05, 0) is 82.4 Å². The van der Waals surface area contributed by atoms with E-state index in [0.29, 0.717) is 12.8 Å². The smallest absolute Gasteiger partial charge is 0.744 e. The molecule has 0 saturated carbocycles. The molecule has 0 unspecified atom stereocenters. The van der Waals surface area contributed by atoms with Gasteiger partial charge in [-0.15, -0.1) is 0 Å². The van der Waals surface area contributed by atoms with Gasteiger partial charge in [-0.25, -0.2) is 18.0 Å². The summed E-state index contributed by atoms with van der Waals surface area (Å²) in [6, 6.07) is 3.15. The van der Waals surface area contributed by atoms with Crippen LogP contribution in [0.15, 0.2) is 47.4 Å². The van der Waals surface area contributed by atoms with Crippen molar-refractivity contribution in [2.24, 2.45) is 0 Å². The molecule has 0 bridgehead atoms. The zero-order valence-electron chi connectivity index (χ0n) is 41.1. The van der Waals surface area contributed by atoms with E-state index in [4.69, 9.17) is 9.47 Å². The quantitative estimate of drug-likeness (QED) is 0.0211. The van der Waals surface area contributed by atoms with E-state index < -0.39 is 27.0 Å². The summed E-state index contributed by atoms with van der Waals surface area (Å²) < 4.78 is 46.0. The van der Waals surface area contributed by atoms with Crippen LogP contribution >= 0.6 is 0 Å². The van der Waals surface area contributed by atoms with E-state index in [0.717, 1.165) is 50.7 Å². The van der Waals surface area contributed by atoms with Crippen molar-refractivity contribution in [3.63, 3.8) is 0 Å². The normalized spacial score (nSPS) is 11.7. The molecule has 9 heteroatoms. The molecule has 0 fully saturated rings. The molecule has 0 spiro atoms. The molecule has 0 saturated heterocycles. The fourth-order valence-corrected chi connectivity index (χ4v) is 8.47. The van der Waals surface area contributed by atoms with E-state index in [1.807, 2.05) is 0 Å². The van der Waals surface area contributed by atoms with Gasteiger partial charge < -0.3 is 14.0 Å². The van der Waals surface area contributed by atoms with Crippen molar-refractivity contribution in [3.8, 4) is 0 Å². The van der Waals surface area contributed by atoms with Gasteiger partial charge in [0.1, 0.15) is 10.1 Å². The summed E-state index contributed by atoms with van der Waals surface area (Å²) >= 11 is 0. The molecule has 1 aromatic rings. The molecule has 63 heavy (non-hydrogen) atoms. The standard InChI is InChI=1S/C54H94O7S.K/c1-3-5-7-9-11-13-15-17-19-21-23-25-27-29-31-33-35-37-39-41-43-47-60-53(55)51-46-45-50(62(57,58)59)49-52(51)54(56)61-48-44-42-40-38-36-34-32-30-28-26-24-22-20-18-16-14-12-10-8-6-4-2;/h23-26,45-46,49H,3-22,27-44,47-48H2,1-2H3,(H,57,58,59);/q;+1/p-1/b25-23+,26-24+;. The third kappa shape index (κ3) is 38.9. The summed E-state index contributed by atoms with van der Waals surface area (Å²) in [5.41, 5.74) is -0.338. The Hall–Kier alpha value is -0.814. The number of allylic oxidation sites excluding steroid dienone is 4. The van der Waals surface area contributed by atoms with Gasteiger partial charge in [0, 0.05) is 0 Å². The molecule has 0 heterocycles. The predicted octanol–water partition coefficient (Wildman–Crippen LogP) is 13.9. The van der Waals surface area contributed by atoms with Crippen LogP contribution in [0.3, 0.4) is 0 Å². The van der Waals surface area contributed by atoms with Gasteiger partial charge in [0.25, 0.3) is 0 Å². The molecule has 0 aliphatic carbocycles. The van der Waals surface area contributed by atoms with Crippen LogP contribution in [0.5, 0.6) is 0 Å². The molecule has 0 radical (unpaired) electrons. The van der Waals surface area contributed by atoms with Gasteiger partial charge in [0.05, 0.1) is 29.2 Å². The first kappa shape index (κ1) is 62.2. The van der Waals surface area contributed by atoms with Crippen LogP contribution < -0.4 is 51.4 Å². The Kier molecular flexibility index (Phi) is 45.7. The van der Waals surface area contributed by atoms with Crippen LogP contribution in [0.1, 0.15) is 279 Å². The summed E-state index contributed by atoms with van der Waals surface area (Å²) in [5.74, 6) is -1.55. The maximum atomic E-state index is 13.0. The van der Waals surface area contributed by atoms with E-state index in [9.17, 15) is 22.6 Å². The molecular weight excluding hydrogens is 832 g/mol. The van der Waals surface area contributed by atoms with E-state index >= 15 is 0 Å². The van der Waals surface area contributed by atoms with Crippen molar-refractivity contribution in [2.45, 2.75) is 263 Å². The summed E-state index contributed by atoms with van der Waals surface area (Å²) in [7, 11) is -4.82. The molecule has 0 aromatic heterocycles. The fourth-order valence-electron chi connectivity index (χ4n) is 7.98. The summed E-state index contributed by atoms with van der Waals surface area (Å²) in [5, 5.41) is 0. The second kappa shape index (κ2) is 46.3. The SMILES string of the molecule is CCCCCCCCCCC/C=C/CCCCCCCCCCOC(=O)c1ccc(S(=O)(=O)[O-])cc1C(=O)OCCCCCCCCCC/C=C/CCCCCCCCCCC.[K+]. The Morgan fingerprint density at radius 2 is 0.698 bits per heavy atom. The molecule has 7 nitrogen and oxygen atoms in total. The first-order chi connectivity index (χ1) is 30.3. The maximum Gasteiger partial charge on any atom is 1.00 e. The van der Waals surface area contributed by atoms with Crippen LogP contribution in [-0.2, 0) is 19.6 Å². The molecule has 0 aliphatic rings. The second-order valence-corrected chi connectivity index (χ2v) is 19.2. The number of carbonyl (C=O) groups is 2. The molecule has 0 amide bonds. The van der Waals surface area contributed by atoms with Crippen molar-refractivity contribution in [1.82, 2.24) is 0 Å². The minimum atomic E-state index is -4.82. The van der Waals surface area contributed by atoms with Gasteiger partial charge >= 0.3 is 63.3 Å². The molecule has 358 valence electrons. The van der Waals surface area contributed by atoms with Crippen LogP contribution in [0.4, 0.5) is 0 Å². The van der Waals surface area contributed by atoms with E-state index in [1.54, 1.807) is 0 Å². The largest absolute Gasteiger partial charge is 1.00 e. The van der Waals surface area contributed by atoms with Crippen molar-refractivity contribution >= 4 is 22.1 Å². The molecule has 0 N–H and O–H groups in total. The van der Waals surface area contributed by atoms with E-state index in [2.05, 4.69) is 38.2 Å². The van der Waals surface area contributed by atoms with E-state index in [-0.39, 0.29) is 75.7 Å². The minimum Gasteiger partial charge on any atom is -0.744 e. The molecule has 1 rings (SSSR count). The van der Waals surface area contributed by atoms with Crippen molar-refractivity contribution in [3.05, 3.63) is 53.6 Å².